The van der Waals surface area contributed by atoms with Crippen molar-refractivity contribution in [1.29, 1.82) is 0 Å². The number of tetrazole rings is 1. The van der Waals surface area contributed by atoms with Gasteiger partial charge in [-0.05, 0) is 41.5 Å². The first-order valence-corrected chi connectivity index (χ1v) is 13.4. The summed E-state index contributed by atoms with van der Waals surface area (Å²) in [4.78, 5) is 14.2. The van der Waals surface area contributed by atoms with E-state index in [0.29, 0.717) is 23.2 Å². The maximum Gasteiger partial charge on any atom is 0.206 e. The van der Waals surface area contributed by atoms with Gasteiger partial charge in [-0.1, -0.05) is 49.2 Å². The molecule has 3 heterocycles. The van der Waals surface area contributed by atoms with Crippen molar-refractivity contribution in [3.05, 3.63) is 77.0 Å². The minimum Gasteiger partial charge on any atom is -0.346 e. The molecule has 9 nitrogen and oxygen atoms in total. The third kappa shape index (κ3) is 4.67. The van der Waals surface area contributed by atoms with E-state index in [-0.39, 0.29) is 6.16 Å². The van der Waals surface area contributed by atoms with Crippen molar-refractivity contribution in [2.75, 3.05) is 0 Å². The third-order valence-electron chi connectivity index (χ3n) is 6.08. The van der Waals surface area contributed by atoms with E-state index < -0.39 is 8.03 Å². The van der Waals surface area contributed by atoms with Gasteiger partial charge in [0.15, 0.2) is 13.2 Å². The number of benzene rings is 2. The van der Waals surface area contributed by atoms with Gasteiger partial charge in [0.2, 0.25) is 5.82 Å². The van der Waals surface area contributed by atoms with Gasteiger partial charge < -0.3 is 14.0 Å². The van der Waals surface area contributed by atoms with Crippen molar-refractivity contribution >= 4 is 30.5 Å². The molecule has 0 amide bonds. The van der Waals surface area contributed by atoms with Gasteiger partial charge in [-0.25, -0.2) is 4.98 Å². The number of nitrogens with one attached hydrogen (secondary N) is 1. The SMILES string of the molecule is CCCCc1nc(Cl)c(C[PH](=O)O)n1Cc1cccc2c1ccn2-c1ccccc1-c1nn[nH]n1. The summed E-state index contributed by atoms with van der Waals surface area (Å²) >= 11 is 6.42. The van der Waals surface area contributed by atoms with Crippen LogP contribution in [0.2, 0.25) is 5.15 Å². The normalized spacial score (nSPS) is 12.4. The highest BCUT2D eigenvalue weighted by atomic mass is 35.5. The number of aromatic amines is 1. The maximum atomic E-state index is 11.7. The molecule has 0 saturated carbocycles. The van der Waals surface area contributed by atoms with Crippen LogP contribution in [0.15, 0.2) is 54.7 Å². The molecule has 0 aliphatic heterocycles. The fraction of sp³-hybridized carbons (Fsp3) is 0.250. The monoisotopic (exact) mass is 509 g/mol. The molecule has 3 aromatic heterocycles. The first-order chi connectivity index (χ1) is 17.1. The average Bonchev–Trinajstić information content (AvgIpc) is 3.59. The van der Waals surface area contributed by atoms with Crippen molar-refractivity contribution < 1.29 is 9.46 Å². The summed E-state index contributed by atoms with van der Waals surface area (Å²) in [7, 11) is -2.75. The Balaban J connectivity index is 1.59. The van der Waals surface area contributed by atoms with Crippen LogP contribution in [0.5, 0.6) is 0 Å². The lowest BCUT2D eigenvalue weighted by molar-refractivity contribution is 0.500. The Kier molecular flexibility index (Phi) is 6.81. The first-order valence-electron chi connectivity index (χ1n) is 11.4. The van der Waals surface area contributed by atoms with Crippen LogP contribution in [-0.2, 0) is 23.7 Å². The number of hydrogen-bond donors (Lipinski definition) is 2. The first kappa shape index (κ1) is 23.5. The number of aryl methyl sites for hydroxylation is 1. The van der Waals surface area contributed by atoms with E-state index in [1.54, 1.807) is 0 Å². The van der Waals surface area contributed by atoms with Crippen molar-refractivity contribution in [2.24, 2.45) is 0 Å². The minimum atomic E-state index is -2.75. The second-order valence-electron chi connectivity index (χ2n) is 8.31. The van der Waals surface area contributed by atoms with E-state index >= 15 is 0 Å². The van der Waals surface area contributed by atoms with E-state index in [0.717, 1.165) is 52.8 Å². The minimum absolute atomic E-state index is 0.0116. The molecule has 5 aromatic rings. The Morgan fingerprint density at radius 2 is 2.00 bits per heavy atom. The smallest absolute Gasteiger partial charge is 0.206 e. The fourth-order valence-corrected chi connectivity index (χ4v) is 5.45. The second kappa shape index (κ2) is 10.2. The Hall–Kier alpha value is -3.26. The van der Waals surface area contributed by atoms with Crippen molar-refractivity contribution in [3.63, 3.8) is 0 Å². The van der Waals surface area contributed by atoms with Gasteiger partial charge in [-0.3, -0.25) is 4.57 Å². The molecule has 0 radical (unpaired) electrons. The summed E-state index contributed by atoms with van der Waals surface area (Å²) < 4.78 is 15.8. The molecule has 5 rings (SSSR count). The number of halogens is 1. The molecule has 35 heavy (non-hydrogen) atoms. The molecule has 0 spiro atoms. The number of unbranched alkanes of at least 4 members (excludes halogenated alkanes) is 1. The zero-order valence-corrected chi connectivity index (χ0v) is 20.9. The molecule has 0 bridgehead atoms. The highest BCUT2D eigenvalue weighted by Crippen LogP contribution is 2.32. The highest BCUT2D eigenvalue weighted by Gasteiger charge is 2.19. The van der Waals surface area contributed by atoms with Crippen LogP contribution in [0.3, 0.4) is 0 Å². The molecule has 180 valence electrons. The standard InChI is InChI=1S/C24H25ClN7O2P/c1-2-3-11-22-26-23(25)21(15-35(33)34)32(22)14-16-7-6-10-19-17(16)12-13-31(19)20-9-5-4-8-18(20)24-27-29-30-28-24/h4-10,12-13,35H,2-3,11,14-15H2,1H3,(H,33,34)(H,27,28,29,30). The Bertz CT molecular complexity index is 1490. The van der Waals surface area contributed by atoms with Gasteiger partial charge in [0.1, 0.15) is 5.82 Å². The predicted molar refractivity (Wildman–Crippen MR) is 136 cm³/mol. The zero-order valence-electron chi connectivity index (χ0n) is 19.1. The number of rotatable bonds is 9. The molecule has 0 aliphatic rings. The van der Waals surface area contributed by atoms with Gasteiger partial charge in [-0.15, -0.1) is 10.2 Å². The van der Waals surface area contributed by atoms with Crippen molar-refractivity contribution in [1.82, 2.24) is 34.7 Å². The Labute approximate surface area is 207 Å². The van der Waals surface area contributed by atoms with E-state index in [1.165, 1.54) is 0 Å². The van der Waals surface area contributed by atoms with Gasteiger partial charge in [0.05, 0.1) is 23.1 Å². The zero-order chi connectivity index (χ0) is 24.4. The molecule has 2 aromatic carbocycles. The molecule has 1 unspecified atom stereocenters. The van der Waals surface area contributed by atoms with E-state index in [4.69, 9.17) is 11.6 Å². The number of imidazole rings is 1. The topological polar surface area (TPSA) is 115 Å². The van der Waals surface area contributed by atoms with Crippen molar-refractivity contribution in [3.8, 4) is 17.1 Å². The number of nitrogens with zero attached hydrogens (tertiary/aromatic N) is 6. The highest BCUT2D eigenvalue weighted by molar-refractivity contribution is 7.37. The molecular formula is C24H25ClN7O2P. The summed E-state index contributed by atoms with van der Waals surface area (Å²) in [5, 5.41) is 15.9. The van der Waals surface area contributed by atoms with Crippen molar-refractivity contribution in [2.45, 2.75) is 38.9 Å². The maximum absolute atomic E-state index is 11.7. The molecule has 0 aliphatic carbocycles. The average molecular weight is 510 g/mol. The Morgan fingerprint density at radius 1 is 1.14 bits per heavy atom. The molecule has 11 heteroatoms. The van der Waals surface area contributed by atoms with E-state index in [2.05, 4.69) is 55.3 Å². The Morgan fingerprint density at radius 3 is 2.77 bits per heavy atom. The molecule has 0 saturated heterocycles. The molecular weight excluding hydrogens is 485 g/mol. The summed E-state index contributed by atoms with van der Waals surface area (Å²) in [6, 6.07) is 16.1. The van der Waals surface area contributed by atoms with Crippen LogP contribution < -0.4 is 0 Å². The number of para-hydroxylation sites is 1. The van der Waals surface area contributed by atoms with E-state index in [1.807, 2.05) is 41.1 Å². The molecule has 2 N–H and O–H groups in total. The van der Waals surface area contributed by atoms with Gasteiger partial charge >= 0.3 is 0 Å². The summed E-state index contributed by atoms with van der Waals surface area (Å²) in [5.41, 5.74) is 4.52. The second-order valence-corrected chi connectivity index (χ2v) is 9.81. The predicted octanol–water partition coefficient (Wildman–Crippen LogP) is 5.02. The van der Waals surface area contributed by atoms with Crippen LogP contribution in [-0.4, -0.2) is 39.6 Å². The lowest BCUT2D eigenvalue weighted by Gasteiger charge is -2.14. The fourth-order valence-electron chi connectivity index (χ4n) is 4.43. The quantitative estimate of drug-likeness (QED) is 0.270. The summed E-state index contributed by atoms with van der Waals surface area (Å²) in [5.74, 6) is 1.37. The number of fused-ring (bicyclic) bond motifs is 1. The number of aromatic nitrogens is 7. The van der Waals surface area contributed by atoms with Gasteiger partial charge in [-0.2, -0.15) is 5.21 Å². The third-order valence-corrected chi connectivity index (χ3v) is 7.02. The summed E-state index contributed by atoms with van der Waals surface area (Å²) in [6.45, 7) is 2.63. The van der Waals surface area contributed by atoms with Crippen LogP contribution in [0.1, 0.15) is 36.8 Å². The van der Waals surface area contributed by atoms with Crippen LogP contribution in [0.25, 0.3) is 28.0 Å². The van der Waals surface area contributed by atoms with Crippen LogP contribution >= 0.6 is 19.6 Å². The molecule has 0 fully saturated rings. The van der Waals surface area contributed by atoms with E-state index in [9.17, 15) is 9.46 Å². The number of H-pyrrole nitrogens is 1. The summed E-state index contributed by atoms with van der Waals surface area (Å²) in [6.07, 6.45) is 4.79. The number of hydrogen-bond acceptors (Lipinski definition) is 5. The van der Waals surface area contributed by atoms with Gasteiger partial charge in [0.25, 0.3) is 0 Å². The van der Waals surface area contributed by atoms with Gasteiger partial charge in [0, 0.05) is 30.1 Å². The largest absolute Gasteiger partial charge is 0.346 e. The van der Waals surface area contributed by atoms with Crippen LogP contribution in [0, 0.1) is 0 Å². The molecule has 1 atom stereocenters. The van der Waals surface area contributed by atoms with Crippen LogP contribution in [0.4, 0.5) is 0 Å². The lowest BCUT2D eigenvalue weighted by Crippen LogP contribution is -2.09. The lowest BCUT2D eigenvalue weighted by atomic mass is 10.1.